The van der Waals surface area contributed by atoms with Crippen molar-refractivity contribution < 1.29 is 23.8 Å². The number of hydrogen-bond acceptors (Lipinski definition) is 7. The van der Waals surface area contributed by atoms with Gasteiger partial charge in [0.05, 0.1) is 16.1 Å². The molecule has 1 aliphatic rings. The maximum atomic E-state index is 13.3. The van der Waals surface area contributed by atoms with Crippen LogP contribution in [0.1, 0.15) is 41.1 Å². The van der Waals surface area contributed by atoms with E-state index in [0.29, 0.717) is 26.9 Å². The van der Waals surface area contributed by atoms with Crippen molar-refractivity contribution in [1.29, 1.82) is 0 Å². The molecule has 0 radical (unpaired) electrons. The van der Waals surface area contributed by atoms with Gasteiger partial charge in [0.25, 0.3) is 0 Å². The molecule has 6 rings (SSSR count). The zero-order valence-electron chi connectivity index (χ0n) is 23.0. The SMILES string of the molecule is C[C@@H](Oc1cc(-n2cnc3cc(-c4ccc(F)nc4)ccc32)sc1C(=O)O)c1cccc(OC2CCN(C)CC2)c1Cl. The first kappa shape index (κ1) is 28.1. The van der Waals surface area contributed by atoms with Crippen molar-refractivity contribution >= 4 is 39.9 Å². The molecule has 0 saturated carbocycles. The first-order chi connectivity index (χ1) is 20.3. The number of ether oxygens (including phenoxy) is 2. The standard InChI is InChI=1S/C31H28ClFN4O4S/c1-18(22-4-3-5-25(29(22)32)41-21-10-12-36(2)13-11-21)40-26-15-28(42-30(26)31(38)39)37-17-35-23-14-19(6-8-24(23)37)20-7-9-27(33)34-16-20/h3-9,14-18,21H,10-13H2,1-2H3,(H,38,39)/t18-/m1/s1. The van der Waals surface area contributed by atoms with Crippen molar-refractivity contribution in [3.63, 3.8) is 0 Å². The van der Waals surface area contributed by atoms with Crippen LogP contribution in [0.15, 0.2) is 67.1 Å². The normalized spacial score (nSPS) is 15.1. The summed E-state index contributed by atoms with van der Waals surface area (Å²) in [7, 11) is 2.10. The highest BCUT2D eigenvalue weighted by molar-refractivity contribution is 7.16. The average Bonchev–Trinajstić information content (AvgIpc) is 3.59. The minimum atomic E-state index is -1.09. The first-order valence-corrected chi connectivity index (χ1v) is 14.7. The largest absolute Gasteiger partial charge is 0.489 e. The second kappa shape index (κ2) is 11.7. The number of carbonyl (C=O) groups is 1. The monoisotopic (exact) mass is 606 g/mol. The molecule has 0 unspecified atom stereocenters. The lowest BCUT2D eigenvalue weighted by Crippen LogP contribution is -2.35. The van der Waals surface area contributed by atoms with Crippen LogP contribution in [0.4, 0.5) is 4.39 Å². The molecule has 0 spiro atoms. The second-order valence-electron chi connectivity index (χ2n) is 10.3. The number of nitrogens with zero attached hydrogens (tertiary/aromatic N) is 4. The van der Waals surface area contributed by atoms with Crippen LogP contribution in [0, 0.1) is 5.95 Å². The molecule has 1 aliphatic heterocycles. The van der Waals surface area contributed by atoms with E-state index in [2.05, 4.69) is 21.9 Å². The molecular formula is C31H28ClFN4O4S. The number of benzene rings is 2. The Morgan fingerprint density at radius 3 is 2.62 bits per heavy atom. The summed E-state index contributed by atoms with van der Waals surface area (Å²) in [6.45, 7) is 3.78. The number of fused-ring (bicyclic) bond motifs is 1. The van der Waals surface area contributed by atoms with Gasteiger partial charge in [-0.2, -0.15) is 4.39 Å². The average molecular weight is 607 g/mol. The van der Waals surface area contributed by atoms with Crippen LogP contribution in [0.2, 0.25) is 5.02 Å². The third-order valence-electron chi connectivity index (χ3n) is 7.42. The van der Waals surface area contributed by atoms with Gasteiger partial charge in [-0.15, -0.1) is 11.3 Å². The minimum Gasteiger partial charge on any atom is -0.489 e. The number of imidazole rings is 1. The van der Waals surface area contributed by atoms with Gasteiger partial charge in [-0.25, -0.2) is 14.8 Å². The van der Waals surface area contributed by atoms with Gasteiger partial charge in [0.1, 0.15) is 35.0 Å². The van der Waals surface area contributed by atoms with Crippen LogP contribution >= 0.6 is 22.9 Å². The zero-order valence-corrected chi connectivity index (χ0v) is 24.5. The maximum Gasteiger partial charge on any atom is 0.349 e. The summed E-state index contributed by atoms with van der Waals surface area (Å²) in [5, 5.41) is 11.1. The second-order valence-corrected chi connectivity index (χ2v) is 11.7. The molecule has 11 heteroatoms. The predicted octanol–water partition coefficient (Wildman–Crippen LogP) is 7.25. The van der Waals surface area contributed by atoms with Gasteiger partial charge in [0.2, 0.25) is 5.95 Å². The zero-order chi connectivity index (χ0) is 29.4. The van der Waals surface area contributed by atoms with E-state index >= 15 is 0 Å². The third-order valence-corrected chi connectivity index (χ3v) is 8.93. The Hall–Kier alpha value is -3.99. The molecule has 0 bridgehead atoms. The highest BCUT2D eigenvalue weighted by Crippen LogP contribution is 2.39. The molecule has 216 valence electrons. The van der Waals surface area contributed by atoms with Crippen molar-refractivity contribution in [2.75, 3.05) is 20.1 Å². The molecule has 1 N–H and O–H groups in total. The summed E-state index contributed by atoms with van der Waals surface area (Å²) < 4.78 is 27.5. The van der Waals surface area contributed by atoms with Crippen LogP contribution in [-0.4, -0.2) is 56.8 Å². The summed E-state index contributed by atoms with van der Waals surface area (Å²) in [5.41, 5.74) is 3.80. The van der Waals surface area contributed by atoms with Crippen LogP contribution < -0.4 is 9.47 Å². The number of carboxylic acid groups (broad SMARTS) is 1. The lowest BCUT2D eigenvalue weighted by atomic mass is 10.1. The molecule has 1 saturated heterocycles. The van der Waals surface area contributed by atoms with Gasteiger partial charge < -0.3 is 19.5 Å². The maximum absolute atomic E-state index is 13.3. The fraction of sp³-hybridized carbons (Fsp3) is 0.258. The molecule has 1 fully saturated rings. The summed E-state index contributed by atoms with van der Waals surface area (Å²) in [4.78, 5) is 22.8. The van der Waals surface area contributed by atoms with E-state index in [4.69, 9.17) is 21.1 Å². The number of pyridine rings is 1. The fourth-order valence-electron chi connectivity index (χ4n) is 5.10. The highest BCUT2D eigenvalue weighted by atomic mass is 35.5. The van der Waals surface area contributed by atoms with Gasteiger partial charge in [0, 0.05) is 36.5 Å². The lowest BCUT2D eigenvalue weighted by molar-refractivity contribution is 0.0695. The number of rotatable bonds is 8. The van der Waals surface area contributed by atoms with E-state index in [1.807, 2.05) is 47.9 Å². The Morgan fingerprint density at radius 1 is 1.10 bits per heavy atom. The van der Waals surface area contributed by atoms with Crippen molar-refractivity contribution in [2.45, 2.75) is 32.0 Å². The Bertz CT molecular complexity index is 1750. The van der Waals surface area contributed by atoms with Gasteiger partial charge >= 0.3 is 5.97 Å². The van der Waals surface area contributed by atoms with Crippen molar-refractivity contribution in [2.24, 2.45) is 0 Å². The molecule has 3 aromatic heterocycles. The van der Waals surface area contributed by atoms with Crippen LogP contribution in [0.5, 0.6) is 11.5 Å². The summed E-state index contributed by atoms with van der Waals surface area (Å²) in [5.74, 6) is -0.790. The number of thiophene rings is 1. The Morgan fingerprint density at radius 2 is 1.88 bits per heavy atom. The van der Waals surface area contributed by atoms with E-state index in [-0.39, 0.29) is 16.7 Å². The van der Waals surface area contributed by atoms with E-state index in [0.717, 1.165) is 53.9 Å². The van der Waals surface area contributed by atoms with Crippen LogP contribution in [0.3, 0.4) is 0 Å². The lowest BCUT2D eigenvalue weighted by Gasteiger charge is -2.30. The number of hydrogen-bond donors (Lipinski definition) is 1. The predicted molar refractivity (Wildman–Crippen MR) is 161 cm³/mol. The quantitative estimate of drug-likeness (QED) is 0.186. The van der Waals surface area contributed by atoms with E-state index in [9.17, 15) is 14.3 Å². The van der Waals surface area contributed by atoms with E-state index in [1.54, 1.807) is 18.5 Å². The number of halogens is 2. The summed E-state index contributed by atoms with van der Waals surface area (Å²) >= 11 is 7.87. The molecule has 0 amide bonds. The van der Waals surface area contributed by atoms with Crippen molar-refractivity contribution in [3.8, 4) is 27.6 Å². The van der Waals surface area contributed by atoms with Gasteiger partial charge in [-0.3, -0.25) is 4.57 Å². The smallest absolute Gasteiger partial charge is 0.349 e. The molecule has 0 aliphatic carbocycles. The molecule has 1 atom stereocenters. The molecule has 4 heterocycles. The van der Waals surface area contributed by atoms with Gasteiger partial charge in [-0.1, -0.05) is 29.8 Å². The van der Waals surface area contributed by atoms with Crippen LogP contribution in [0.25, 0.3) is 27.2 Å². The number of aromatic nitrogens is 3. The molecule has 8 nitrogen and oxygen atoms in total. The third kappa shape index (κ3) is 5.70. The van der Waals surface area contributed by atoms with Crippen molar-refractivity contribution in [3.05, 3.63) is 88.5 Å². The van der Waals surface area contributed by atoms with Gasteiger partial charge in [-0.05, 0) is 62.7 Å². The number of aromatic carboxylic acids is 1. The Balaban J connectivity index is 1.25. The van der Waals surface area contributed by atoms with Gasteiger partial charge in [0.15, 0.2) is 4.88 Å². The number of carboxylic acids is 1. The number of piperidine rings is 1. The van der Waals surface area contributed by atoms with E-state index in [1.165, 1.54) is 12.3 Å². The van der Waals surface area contributed by atoms with Crippen LogP contribution in [-0.2, 0) is 0 Å². The molecule has 5 aromatic rings. The van der Waals surface area contributed by atoms with E-state index < -0.39 is 18.0 Å². The Kier molecular flexibility index (Phi) is 7.85. The molecule has 2 aromatic carbocycles. The summed E-state index contributed by atoms with van der Waals surface area (Å²) in [6, 6.07) is 15.9. The first-order valence-electron chi connectivity index (χ1n) is 13.5. The highest BCUT2D eigenvalue weighted by Gasteiger charge is 2.24. The fourth-order valence-corrected chi connectivity index (χ4v) is 6.34. The summed E-state index contributed by atoms with van der Waals surface area (Å²) in [6.07, 6.45) is 4.52. The van der Waals surface area contributed by atoms with Crippen molar-refractivity contribution in [1.82, 2.24) is 19.4 Å². The topological polar surface area (TPSA) is 89.7 Å². The minimum absolute atomic E-state index is 0.0718. The molecule has 42 heavy (non-hydrogen) atoms. The molecular weight excluding hydrogens is 579 g/mol. The number of likely N-dealkylation sites (tertiary alicyclic amines) is 1. The Labute approximate surface area is 250 Å².